The van der Waals surface area contributed by atoms with Crippen molar-refractivity contribution in [2.75, 3.05) is 17.7 Å². The van der Waals surface area contributed by atoms with Crippen LogP contribution in [0.3, 0.4) is 0 Å². The highest BCUT2D eigenvalue weighted by Gasteiger charge is 2.24. The largest absolute Gasteiger partial charge is 0.367 e. The third-order valence-corrected chi connectivity index (χ3v) is 4.35. The molecule has 2 atom stereocenters. The van der Waals surface area contributed by atoms with Crippen LogP contribution < -0.4 is 10.6 Å². The highest BCUT2D eigenvalue weighted by atomic mass is 15.1. The molecule has 1 heterocycles. The highest BCUT2D eigenvalue weighted by molar-refractivity contribution is 5.90. The van der Waals surface area contributed by atoms with Crippen LogP contribution >= 0.6 is 0 Å². The minimum Gasteiger partial charge on any atom is -0.367 e. The van der Waals surface area contributed by atoms with Crippen molar-refractivity contribution in [3.8, 4) is 0 Å². The maximum Gasteiger partial charge on any atom is 0.224 e. The van der Waals surface area contributed by atoms with Gasteiger partial charge in [0.25, 0.3) is 0 Å². The van der Waals surface area contributed by atoms with Crippen molar-refractivity contribution in [3.05, 3.63) is 24.3 Å². The molecule has 4 heteroatoms. The number of hydrogen-bond acceptors (Lipinski definition) is 4. The summed E-state index contributed by atoms with van der Waals surface area (Å²) in [6, 6.07) is 8.69. The van der Waals surface area contributed by atoms with Gasteiger partial charge < -0.3 is 10.6 Å². The minimum absolute atomic E-state index is 0.506. The Bertz CT molecular complexity index is 615. The first-order valence-corrected chi connectivity index (χ1v) is 7.86. The number of hydrogen-bond donors (Lipinski definition) is 2. The summed E-state index contributed by atoms with van der Waals surface area (Å²) in [5.74, 6) is 3.19. The summed E-state index contributed by atoms with van der Waals surface area (Å²) >= 11 is 0. The highest BCUT2D eigenvalue weighted by Crippen LogP contribution is 2.31. The summed E-state index contributed by atoms with van der Waals surface area (Å²) < 4.78 is 0. The van der Waals surface area contributed by atoms with Crippen LogP contribution in [-0.2, 0) is 0 Å². The molecule has 1 aromatic heterocycles. The van der Waals surface area contributed by atoms with E-state index in [9.17, 15) is 0 Å². The number of rotatable bonds is 3. The molecule has 0 amide bonds. The standard InChI is InChI=1S/C17H24N4/c1-11-8-12(2)10-13(9-11)19-16-14-6-4-5-7-15(14)20-17(18-3)21-16/h4-7,11-13H,8-10H2,1-3H3,(H2,18,19,20,21). The quantitative estimate of drug-likeness (QED) is 0.897. The van der Waals surface area contributed by atoms with E-state index >= 15 is 0 Å². The molecule has 2 aromatic rings. The fraction of sp³-hybridized carbons (Fsp3) is 0.529. The Labute approximate surface area is 126 Å². The van der Waals surface area contributed by atoms with Crippen LogP contribution in [0.2, 0.25) is 0 Å². The Kier molecular flexibility index (Phi) is 3.95. The van der Waals surface area contributed by atoms with E-state index in [4.69, 9.17) is 0 Å². The van der Waals surface area contributed by atoms with Crippen LogP contribution in [-0.4, -0.2) is 23.1 Å². The maximum atomic E-state index is 4.63. The Morgan fingerprint density at radius 2 is 1.71 bits per heavy atom. The lowest BCUT2D eigenvalue weighted by molar-refractivity contribution is 0.280. The Morgan fingerprint density at radius 1 is 1.00 bits per heavy atom. The zero-order valence-electron chi connectivity index (χ0n) is 13.1. The van der Waals surface area contributed by atoms with Crippen molar-refractivity contribution < 1.29 is 0 Å². The van der Waals surface area contributed by atoms with Crippen LogP contribution in [0.1, 0.15) is 33.1 Å². The van der Waals surface area contributed by atoms with E-state index in [-0.39, 0.29) is 0 Å². The molecule has 3 rings (SSSR count). The van der Waals surface area contributed by atoms with Gasteiger partial charge in [0.05, 0.1) is 5.52 Å². The Balaban J connectivity index is 1.92. The molecule has 112 valence electrons. The van der Waals surface area contributed by atoms with Gasteiger partial charge in [0.1, 0.15) is 5.82 Å². The van der Waals surface area contributed by atoms with Gasteiger partial charge in [-0.15, -0.1) is 0 Å². The second kappa shape index (κ2) is 5.88. The summed E-state index contributed by atoms with van der Waals surface area (Å²) in [6.07, 6.45) is 3.78. The minimum atomic E-state index is 0.506. The van der Waals surface area contributed by atoms with E-state index in [0.717, 1.165) is 28.6 Å². The van der Waals surface area contributed by atoms with Crippen LogP contribution in [0.15, 0.2) is 24.3 Å². The Morgan fingerprint density at radius 3 is 2.43 bits per heavy atom. The van der Waals surface area contributed by atoms with Gasteiger partial charge in [0.2, 0.25) is 5.95 Å². The molecule has 0 bridgehead atoms. The number of nitrogens with zero attached hydrogens (tertiary/aromatic N) is 2. The normalized spacial score (nSPS) is 25.8. The van der Waals surface area contributed by atoms with Crippen LogP contribution in [0.5, 0.6) is 0 Å². The van der Waals surface area contributed by atoms with E-state index in [1.165, 1.54) is 19.3 Å². The lowest BCUT2D eigenvalue weighted by Gasteiger charge is -2.32. The van der Waals surface area contributed by atoms with E-state index in [0.29, 0.717) is 12.0 Å². The number of para-hydroxylation sites is 1. The molecule has 1 aliphatic rings. The molecule has 1 saturated carbocycles. The Hall–Kier alpha value is -1.84. The third kappa shape index (κ3) is 3.09. The SMILES string of the molecule is CNc1nc(NC2CC(C)CC(C)C2)c2ccccc2n1. The summed E-state index contributed by atoms with van der Waals surface area (Å²) in [7, 11) is 1.86. The second-order valence-corrected chi connectivity index (χ2v) is 6.42. The van der Waals surface area contributed by atoms with Gasteiger partial charge in [-0.2, -0.15) is 4.98 Å². The molecule has 0 radical (unpaired) electrons. The number of anilines is 2. The molecular formula is C17H24N4. The van der Waals surface area contributed by atoms with Crippen LogP contribution in [0.25, 0.3) is 10.9 Å². The van der Waals surface area contributed by atoms with Crippen molar-refractivity contribution >= 4 is 22.7 Å². The second-order valence-electron chi connectivity index (χ2n) is 6.42. The molecule has 21 heavy (non-hydrogen) atoms. The lowest BCUT2D eigenvalue weighted by Crippen LogP contribution is -2.30. The van der Waals surface area contributed by atoms with Gasteiger partial charge >= 0.3 is 0 Å². The summed E-state index contributed by atoms with van der Waals surface area (Å²) in [4.78, 5) is 9.15. The summed E-state index contributed by atoms with van der Waals surface area (Å²) in [5.41, 5.74) is 0.983. The monoisotopic (exact) mass is 284 g/mol. The lowest BCUT2D eigenvalue weighted by atomic mass is 9.80. The molecule has 1 aliphatic carbocycles. The number of aromatic nitrogens is 2. The van der Waals surface area contributed by atoms with Gasteiger partial charge in [-0.1, -0.05) is 26.0 Å². The fourth-order valence-electron chi connectivity index (χ4n) is 3.56. The smallest absolute Gasteiger partial charge is 0.224 e. The first kappa shape index (κ1) is 14.1. The zero-order chi connectivity index (χ0) is 14.8. The number of benzene rings is 1. The predicted molar refractivity (Wildman–Crippen MR) is 88.7 cm³/mol. The topological polar surface area (TPSA) is 49.8 Å². The summed E-state index contributed by atoms with van der Waals surface area (Å²) in [5, 5.41) is 7.82. The van der Waals surface area contributed by atoms with E-state index in [1.807, 2.05) is 25.2 Å². The number of nitrogens with one attached hydrogen (secondary N) is 2. The average Bonchev–Trinajstić information content (AvgIpc) is 2.46. The first-order valence-electron chi connectivity index (χ1n) is 7.86. The van der Waals surface area contributed by atoms with E-state index in [2.05, 4.69) is 40.5 Å². The maximum absolute atomic E-state index is 4.63. The number of fused-ring (bicyclic) bond motifs is 1. The van der Waals surface area contributed by atoms with Crippen molar-refractivity contribution in [1.82, 2.24) is 9.97 Å². The molecule has 1 fully saturated rings. The van der Waals surface area contributed by atoms with Gasteiger partial charge in [-0.25, -0.2) is 4.98 Å². The third-order valence-electron chi connectivity index (χ3n) is 4.35. The van der Waals surface area contributed by atoms with Crippen molar-refractivity contribution in [3.63, 3.8) is 0 Å². The van der Waals surface area contributed by atoms with Gasteiger partial charge in [0, 0.05) is 18.5 Å². The first-order chi connectivity index (χ1) is 10.2. The van der Waals surface area contributed by atoms with Gasteiger partial charge in [0.15, 0.2) is 0 Å². The molecule has 1 aromatic carbocycles. The molecular weight excluding hydrogens is 260 g/mol. The van der Waals surface area contributed by atoms with Crippen LogP contribution in [0, 0.1) is 11.8 Å². The predicted octanol–water partition coefficient (Wildman–Crippen LogP) is 3.91. The zero-order valence-corrected chi connectivity index (χ0v) is 13.1. The summed E-state index contributed by atoms with van der Waals surface area (Å²) in [6.45, 7) is 4.70. The fourth-order valence-corrected chi connectivity index (χ4v) is 3.56. The molecule has 0 aliphatic heterocycles. The van der Waals surface area contributed by atoms with E-state index in [1.54, 1.807) is 0 Å². The van der Waals surface area contributed by atoms with Crippen molar-refractivity contribution in [2.24, 2.45) is 11.8 Å². The van der Waals surface area contributed by atoms with Crippen molar-refractivity contribution in [1.29, 1.82) is 0 Å². The average molecular weight is 284 g/mol. The molecule has 2 unspecified atom stereocenters. The van der Waals surface area contributed by atoms with Gasteiger partial charge in [-0.3, -0.25) is 0 Å². The molecule has 4 nitrogen and oxygen atoms in total. The molecule has 2 N–H and O–H groups in total. The molecule has 0 spiro atoms. The van der Waals surface area contributed by atoms with Crippen molar-refractivity contribution in [2.45, 2.75) is 39.2 Å². The molecule has 0 saturated heterocycles. The van der Waals surface area contributed by atoms with Crippen LogP contribution in [0.4, 0.5) is 11.8 Å². The van der Waals surface area contributed by atoms with E-state index < -0.39 is 0 Å². The van der Waals surface area contributed by atoms with Gasteiger partial charge in [-0.05, 0) is 43.2 Å².